The number of hydrogen-bond donors (Lipinski definition) is 0. The van der Waals surface area contributed by atoms with Crippen LogP contribution in [-0.2, 0) is 19.3 Å². The summed E-state index contributed by atoms with van der Waals surface area (Å²) in [6.07, 6.45) is 3.37. The van der Waals surface area contributed by atoms with Crippen LogP contribution in [0.5, 0.6) is 0 Å². The van der Waals surface area contributed by atoms with Gasteiger partial charge in [-0.3, -0.25) is 0 Å². The summed E-state index contributed by atoms with van der Waals surface area (Å²) in [5.41, 5.74) is 13.1. The molecule has 3 aromatic rings. The minimum atomic E-state index is 0.675. The van der Waals surface area contributed by atoms with Gasteiger partial charge in [0.25, 0.3) is 0 Å². The molecule has 0 saturated carbocycles. The van der Waals surface area contributed by atoms with E-state index in [0.717, 1.165) is 12.8 Å². The summed E-state index contributed by atoms with van der Waals surface area (Å²) < 4.78 is 0. The van der Waals surface area contributed by atoms with Crippen molar-refractivity contribution < 1.29 is 0 Å². The molecule has 0 aliphatic heterocycles. The molecule has 0 spiro atoms. The SMILES string of the molecule is Cc1ccc(-c2ccc(CC(C)C)c(CC(C)C)c2)c2c1-c1ccccc1C2. The number of fused-ring (bicyclic) bond motifs is 3. The van der Waals surface area contributed by atoms with Crippen molar-refractivity contribution in [1.29, 1.82) is 0 Å². The molecular weight excluding hydrogens is 336 g/mol. The fraction of sp³-hybridized carbons (Fsp3) is 0.357. The van der Waals surface area contributed by atoms with Crippen LogP contribution in [0.4, 0.5) is 0 Å². The smallest absolute Gasteiger partial charge is 0.000718 e. The average molecular weight is 369 g/mol. The standard InChI is InChI=1S/C28H32/c1-18(2)14-21-11-12-23(16-24(21)15-19(3)4)25-13-10-20(5)28-26-9-7-6-8-22(26)17-27(25)28/h6-13,16,18-19H,14-15,17H2,1-5H3. The molecule has 0 atom stereocenters. The lowest BCUT2D eigenvalue weighted by molar-refractivity contribution is 0.616. The second-order valence-corrected chi connectivity index (χ2v) is 9.30. The van der Waals surface area contributed by atoms with Crippen LogP contribution in [0.15, 0.2) is 54.6 Å². The summed E-state index contributed by atoms with van der Waals surface area (Å²) in [4.78, 5) is 0. The Morgan fingerprint density at radius 2 is 1.46 bits per heavy atom. The highest BCUT2D eigenvalue weighted by Crippen LogP contribution is 2.43. The van der Waals surface area contributed by atoms with E-state index in [4.69, 9.17) is 0 Å². The molecule has 0 saturated heterocycles. The lowest BCUT2D eigenvalue weighted by Gasteiger charge is -2.17. The van der Waals surface area contributed by atoms with Gasteiger partial charge in [0, 0.05) is 0 Å². The van der Waals surface area contributed by atoms with Gasteiger partial charge in [0.05, 0.1) is 0 Å². The first-order valence-electron chi connectivity index (χ1n) is 10.8. The maximum atomic E-state index is 2.48. The fourth-order valence-electron chi connectivity index (χ4n) is 4.77. The third-order valence-electron chi connectivity index (χ3n) is 5.95. The van der Waals surface area contributed by atoms with Crippen molar-refractivity contribution in [2.45, 2.75) is 53.9 Å². The van der Waals surface area contributed by atoms with Gasteiger partial charge in [-0.1, -0.05) is 82.3 Å². The first-order valence-corrected chi connectivity index (χ1v) is 10.8. The maximum absolute atomic E-state index is 2.48. The molecule has 0 amide bonds. The minimum Gasteiger partial charge on any atom is -0.0625 e. The van der Waals surface area contributed by atoms with Crippen LogP contribution in [0.25, 0.3) is 22.3 Å². The maximum Gasteiger partial charge on any atom is -0.000718 e. The molecule has 0 fully saturated rings. The molecule has 4 rings (SSSR count). The van der Waals surface area contributed by atoms with E-state index < -0.39 is 0 Å². The van der Waals surface area contributed by atoms with Crippen LogP contribution in [0.3, 0.4) is 0 Å². The van der Waals surface area contributed by atoms with E-state index in [2.05, 4.69) is 89.2 Å². The summed E-state index contributed by atoms with van der Waals surface area (Å²) in [5, 5.41) is 0. The molecule has 3 aromatic carbocycles. The molecule has 0 N–H and O–H groups in total. The molecule has 1 aliphatic carbocycles. The Balaban J connectivity index is 1.83. The Morgan fingerprint density at radius 3 is 2.21 bits per heavy atom. The number of benzene rings is 3. The van der Waals surface area contributed by atoms with Crippen LogP contribution in [0, 0.1) is 18.8 Å². The van der Waals surface area contributed by atoms with Gasteiger partial charge in [-0.2, -0.15) is 0 Å². The molecule has 0 nitrogen and oxygen atoms in total. The second kappa shape index (κ2) is 7.59. The molecule has 0 heterocycles. The Bertz CT molecular complexity index is 1000. The summed E-state index contributed by atoms with van der Waals surface area (Å²) >= 11 is 0. The van der Waals surface area contributed by atoms with E-state index in [9.17, 15) is 0 Å². The van der Waals surface area contributed by atoms with Crippen molar-refractivity contribution in [1.82, 2.24) is 0 Å². The Labute approximate surface area is 170 Å². The molecule has 0 radical (unpaired) electrons. The van der Waals surface area contributed by atoms with Gasteiger partial charge in [-0.15, -0.1) is 0 Å². The van der Waals surface area contributed by atoms with Gasteiger partial charge < -0.3 is 0 Å². The van der Waals surface area contributed by atoms with Crippen molar-refractivity contribution in [2.75, 3.05) is 0 Å². The normalized spacial score (nSPS) is 12.5. The third kappa shape index (κ3) is 3.53. The molecule has 0 bridgehead atoms. The van der Waals surface area contributed by atoms with Gasteiger partial charge in [0.15, 0.2) is 0 Å². The van der Waals surface area contributed by atoms with Crippen LogP contribution in [-0.4, -0.2) is 0 Å². The van der Waals surface area contributed by atoms with Crippen molar-refractivity contribution in [2.24, 2.45) is 11.8 Å². The topological polar surface area (TPSA) is 0 Å². The molecular formula is C28H32. The zero-order chi connectivity index (χ0) is 19.8. The first kappa shape index (κ1) is 19.0. The highest BCUT2D eigenvalue weighted by molar-refractivity contribution is 5.86. The second-order valence-electron chi connectivity index (χ2n) is 9.30. The molecule has 144 valence electrons. The summed E-state index contributed by atoms with van der Waals surface area (Å²) in [6, 6.07) is 20.8. The van der Waals surface area contributed by atoms with Gasteiger partial charge in [-0.05, 0) is 88.1 Å². The fourth-order valence-corrected chi connectivity index (χ4v) is 4.77. The van der Waals surface area contributed by atoms with Gasteiger partial charge in [-0.25, -0.2) is 0 Å². The van der Waals surface area contributed by atoms with Crippen molar-refractivity contribution in [3.63, 3.8) is 0 Å². The molecule has 0 aromatic heterocycles. The van der Waals surface area contributed by atoms with E-state index in [1.165, 1.54) is 56.5 Å². The quantitative estimate of drug-likeness (QED) is 0.340. The third-order valence-corrected chi connectivity index (χ3v) is 5.95. The van der Waals surface area contributed by atoms with Crippen molar-refractivity contribution in [3.05, 3.63) is 82.4 Å². The summed E-state index contributed by atoms with van der Waals surface area (Å²) in [6.45, 7) is 11.5. The summed E-state index contributed by atoms with van der Waals surface area (Å²) in [7, 11) is 0. The lowest BCUT2D eigenvalue weighted by atomic mass is 9.87. The average Bonchev–Trinajstić information content (AvgIpc) is 3.03. The highest BCUT2D eigenvalue weighted by Gasteiger charge is 2.23. The molecule has 0 unspecified atom stereocenters. The van der Waals surface area contributed by atoms with Crippen LogP contribution < -0.4 is 0 Å². The van der Waals surface area contributed by atoms with E-state index >= 15 is 0 Å². The minimum absolute atomic E-state index is 0.675. The Kier molecular flexibility index (Phi) is 5.15. The largest absolute Gasteiger partial charge is 0.0625 e. The predicted octanol–water partition coefficient (Wildman–Crippen LogP) is 7.63. The van der Waals surface area contributed by atoms with Gasteiger partial charge in [0.2, 0.25) is 0 Å². The Morgan fingerprint density at radius 1 is 0.750 bits per heavy atom. The predicted molar refractivity (Wildman–Crippen MR) is 122 cm³/mol. The molecule has 0 heteroatoms. The van der Waals surface area contributed by atoms with Crippen LogP contribution in [0.2, 0.25) is 0 Å². The monoisotopic (exact) mass is 368 g/mol. The number of rotatable bonds is 5. The van der Waals surface area contributed by atoms with Crippen LogP contribution >= 0.6 is 0 Å². The van der Waals surface area contributed by atoms with Crippen LogP contribution in [0.1, 0.15) is 55.5 Å². The highest BCUT2D eigenvalue weighted by atomic mass is 14.3. The lowest BCUT2D eigenvalue weighted by Crippen LogP contribution is -2.03. The van der Waals surface area contributed by atoms with E-state index in [1.54, 1.807) is 0 Å². The van der Waals surface area contributed by atoms with Gasteiger partial charge in [0.1, 0.15) is 0 Å². The van der Waals surface area contributed by atoms with E-state index in [1.807, 2.05) is 0 Å². The Hall–Kier alpha value is -2.34. The van der Waals surface area contributed by atoms with Crippen molar-refractivity contribution in [3.8, 4) is 22.3 Å². The van der Waals surface area contributed by atoms with E-state index in [0.29, 0.717) is 11.8 Å². The van der Waals surface area contributed by atoms with Crippen molar-refractivity contribution >= 4 is 0 Å². The van der Waals surface area contributed by atoms with Gasteiger partial charge >= 0.3 is 0 Å². The van der Waals surface area contributed by atoms with E-state index in [-0.39, 0.29) is 0 Å². The zero-order valence-electron chi connectivity index (χ0n) is 18.0. The number of aryl methyl sites for hydroxylation is 1. The number of hydrogen-bond acceptors (Lipinski definition) is 0. The molecule has 28 heavy (non-hydrogen) atoms. The zero-order valence-corrected chi connectivity index (χ0v) is 18.0. The summed E-state index contributed by atoms with van der Waals surface area (Å²) in [5.74, 6) is 1.36. The first-order chi connectivity index (χ1) is 13.4. The molecule has 1 aliphatic rings.